The molecule has 3 nitrogen and oxygen atoms in total. The number of carboxylic acids is 1. The fourth-order valence-corrected chi connectivity index (χ4v) is 3.82. The standard InChI is InChI=1S/C16H29NO2/c1-12(2)16(14(18)19)9-10-17(11-16)13-5-7-15(3,4)8-6-13/h12-13H,5-11H2,1-4H3,(H,18,19). The van der Waals surface area contributed by atoms with E-state index in [4.69, 9.17) is 0 Å². The molecular formula is C16H29NO2. The van der Waals surface area contributed by atoms with Gasteiger partial charge in [0.2, 0.25) is 0 Å². The first-order chi connectivity index (χ1) is 8.77. The first kappa shape index (κ1) is 14.8. The Labute approximate surface area is 117 Å². The lowest BCUT2D eigenvalue weighted by Gasteiger charge is -2.39. The maximum absolute atomic E-state index is 11.7. The summed E-state index contributed by atoms with van der Waals surface area (Å²) in [6.07, 6.45) is 5.84. The monoisotopic (exact) mass is 267 g/mol. The van der Waals surface area contributed by atoms with Crippen molar-refractivity contribution < 1.29 is 9.90 Å². The van der Waals surface area contributed by atoms with Gasteiger partial charge in [0.25, 0.3) is 0 Å². The lowest BCUT2D eigenvalue weighted by molar-refractivity contribution is -0.151. The third-order valence-electron chi connectivity index (χ3n) is 5.69. The topological polar surface area (TPSA) is 40.5 Å². The van der Waals surface area contributed by atoms with E-state index in [9.17, 15) is 9.90 Å². The molecule has 2 rings (SSSR count). The molecule has 0 aromatic carbocycles. The Morgan fingerprint density at radius 1 is 1.21 bits per heavy atom. The summed E-state index contributed by atoms with van der Waals surface area (Å²) in [7, 11) is 0. The Kier molecular flexibility index (Phi) is 3.97. The van der Waals surface area contributed by atoms with E-state index in [0.717, 1.165) is 19.5 Å². The highest BCUT2D eigenvalue weighted by atomic mass is 16.4. The maximum Gasteiger partial charge on any atom is 0.311 e. The number of hydrogen-bond acceptors (Lipinski definition) is 2. The van der Waals surface area contributed by atoms with E-state index in [1.807, 2.05) is 0 Å². The van der Waals surface area contributed by atoms with Crippen molar-refractivity contribution in [1.82, 2.24) is 4.90 Å². The maximum atomic E-state index is 11.7. The second-order valence-electron chi connectivity index (χ2n) is 7.73. The Balaban J connectivity index is 2.00. The molecule has 0 bridgehead atoms. The van der Waals surface area contributed by atoms with Crippen molar-refractivity contribution in [1.29, 1.82) is 0 Å². The van der Waals surface area contributed by atoms with Crippen LogP contribution in [0.1, 0.15) is 59.8 Å². The SMILES string of the molecule is CC(C)C1(C(=O)O)CCN(C2CCC(C)(C)CC2)C1. The third-order valence-corrected chi connectivity index (χ3v) is 5.69. The molecule has 1 saturated carbocycles. The minimum absolute atomic E-state index is 0.218. The van der Waals surface area contributed by atoms with E-state index in [1.54, 1.807) is 0 Å². The van der Waals surface area contributed by atoms with Gasteiger partial charge in [0, 0.05) is 12.6 Å². The van der Waals surface area contributed by atoms with Gasteiger partial charge >= 0.3 is 5.97 Å². The number of hydrogen-bond donors (Lipinski definition) is 1. The van der Waals surface area contributed by atoms with E-state index in [-0.39, 0.29) is 5.92 Å². The fraction of sp³-hybridized carbons (Fsp3) is 0.938. The number of carbonyl (C=O) groups is 1. The molecule has 1 unspecified atom stereocenters. The van der Waals surface area contributed by atoms with Crippen LogP contribution < -0.4 is 0 Å². The summed E-state index contributed by atoms with van der Waals surface area (Å²) in [6.45, 7) is 10.5. The van der Waals surface area contributed by atoms with Gasteiger partial charge in [0.15, 0.2) is 0 Å². The molecule has 0 spiro atoms. The van der Waals surface area contributed by atoms with Gasteiger partial charge in [0.1, 0.15) is 0 Å². The summed E-state index contributed by atoms with van der Waals surface area (Å²) in [5.41, 5.74) is -0.0227. The summed E-state index contributed by atoms with van der Waals surface area (Å²) in [5.74, 6) is -0.379. The molecule has 1 N–H and O–H groups in total. The Morgan fingerprint density at radius 2 is 1.79 bits per heavy atom. The number of carboxylic acid groups (broad SMARTS) is 1. The van der Waals surface area contributed by atoms with Gasteiger partial charge in [-0.25, -0.2) is 0 Å². The summed E-state index contributed by atoms with van der Waals surface area (Å²) in [6, 6.07) is 0.619. The van der Waals surface area contributed by atoms with Gasteiger partial charge in [-0.2, -0.15) is 0 Å². The van der Waals surface area contributed by atoms with Crippen LogP contribution in [0.4, 0.5) is 0 Å². The quantitative estimate of drug-likeness (QED) is 0.852. The minimum Gasteiger partial charge on any atom is -0.481 e. The number of nitrogens with zero attached hydrogens (tertiary/aromatic N) is 1. The van der Waals surface area contributed by atoms with Crippen molar-refractivity contribution in [3.63, 3.8) is 0 Å². The molecule has 0 amide bonds. The molecule has 1 aliphatic heterocycles. The molecule has 1 heterocycles. The summed E-state index contributed by atoms with van der Waals surface area (Å²) in [4.78, 5) is 14.1. The highest BCUT2D eigenvalue weighted by Crippen LogP contribution is 2.43. The van der Waals surface area contributed by atoms with Crippen LogP contribution in [0.2, 0.25) is 0 Å². The van der Waals surface area contributed by atoms with Crippen molar-refractivity contribution in [3.8, 4) is 0 Å². The number of aliphatic carboxylic acids is 1. The molecule has 19 heavy (non-hydrogen) atoms. The van der Waals surface area contributed by atoms with Gasteiger partial charge in [-0.1, -0.05) is 27.7 Å². The molecule has 1 aliphatic carbocycles. The van der Waals surface area contributed by atoms with Crippen LogP contribution in [0, 0.1) is 16.7 Å². The van der Waals surface area contributed by atoms with Crippen molar-refractivity contribution >= 4 is 5.97 Å². The lowest BCUT2D eigenvalue weighted by atomic mass is 9.74. The highest BCUT2D eigenvalue weighted by Gasteiger charge is 2.48. The average Bonchev–Trinajstić information content (AvgIpc) is 2.75. The van der Waals surface area contributed by atoms with E-state index in [0.29, 0.717) is 11.5 Å². The largest absolute Gasteiger partial charge is 0.481 e. The molecular weight excluding hydrogens is 238 g/mol. The predicted octanol–water partition coefficient (Wildman–Crippen LogP) is 3.39. The van der Waals surface area contributed by atoms with Gasteiger partial charge < -0.3 is 5.11 Å². The van der Waals surface area contributed by atoms with Crippen LogP contribution in [0.3, 0.4) is 0 Å². The molecule has 1 atom stereocenters. The van der Waals surface area contributed by atoms with Crippen LogP contribution >= 0.6 is 0 Å². The number of likely N-dealkylation sites (tertiary alicyclic amines) is 1. The van der Waals surface area contributed by atoms with E-state index < -0.39 is 11.4 Å². The summed E-state index contributed by atoms with van der Waals surface area (Å²) >= 11 is 0. The third kappa shape index (κ3) is 2.81. The fourth-order valence-electron chi connectivity index (χ4n) is 3.82. The van der Waals surface area contributed by atoms with Crippen LogP contribution in [-0.4, -0.2) is 35.1 Å². The van der Waals surface area contributed by atoms with E-state index in [2.05, 4.69) is 32.6 Å². The van der Waals surface area contributed by atoms with Crippen LogP contribution in [-0.2, 0) is 4.79 Å². The second kappa shape index (κ2) is 5.08. The van der Waals surface area contributed by atoms with Crippen LogP contribution in [0.5, 0.6) is 0 Å². The zero-order valence-corrected chi connectivity index (χ0v) is 12.9. The zero-order valence-electron chi connectivity index (χ0n) is 12.9. The second-order valence-corrected chi connectivity index (χ2v) is 7.73. The highest BCUT2D eigenvalue weighted by molar-refractivity contribution is 5.75. The van der Waals surface area contributed by atoms with Crippen molar-refractivity contribution in [2.24, 2.45) is 16.7 Å². The molecule has 1 saturated heterocycles. The molecule has 110 valence electrons. The van der Waals surface area contributed by atoms with Gasteiger partial charge in [0.05, 0.1) is 5.41 Å². The molecule has 2 fully saturated rings. The summed E-state index contributed by atoms with van der Waals surface area (Å²) < 4.78 is 0. The predicted molar refractivity (Wildman–Crippen MR) is 77.1 cm³/mol. The van der Waals surface area contributed by atoms with Crippen molar-refractivity contribution in [3.05, 3.63) is 0 Å². The van der Waals surface area contributed by atoms with Gasteiger partial charge in [-0.05, 0) is 50.0 Å². The lowest BCUT2D eigenvalue weighted by Crippen LogP contribution is -2.43. The molecule has 0 radical (unpaired) electrons. The van der Waals surface area contributed by atoms with Crippen LogP contribution in [0.25, 0.3) is 0 Å². The molecule has 2 aliphatic rings. The Bertz CT molecular complexity index is 341. The van der Waals surface area contributed by atoms with Crippen LogP contribution in [0.15, 0.2) is 0 Å². The normalized spacial score (nSPS) is 32.9. The minimum atomic E-state index is -0.596. The van der Waals surface area contributed by atoms with E-state index in [1.165, 1.54) is 25.7 Å². The first-order valence-electron chi connectivity index (χ1n) is 7.74. The molecule has 3 heteroatoms. The number of rotatable bonds is 3. The average molecular weight is 267 g/mol. The molecule has 0 aromatic rings. The first-order valence-corrected chi connectivity index (χ1v) is 7.74. The Hall–Kier alpha value is -0.570. The summed E-state index contributed by atoms with van der Waals surface area (Å²) in [5, 5.41) is 9.61. The van der Waals surface area contributed by atoms with Gasteiger partial charge in [-0.3, -0.25) is 9.69 Å². The van der Waals surface area contributed by atoms with Gasteiger partial charge in [-0.15, -0.1) is 0 Å². The van der Waals surface area contributed by atoms with E-state index >= 15 is 0 Å². The molecule has 0 aromatic heterocycles. The Morgan fingerprint density at radius 3 is 2.21 bits per heavy atom. The van der Waals surface area contributed by atoms with Crippen molar-refractivity contribution in [2.45, 2.75) is 65.8 Å². The van der Waals surface area contributed by atoms with Crippen molar-refractivity contribution in [2.75, 3.05) is 13.1 Å². The zero-order chi connectivity index (χ0) is 14.3. The smallest absolute Gasteiger partial charge is 0.311 e.